The molecule has 1 heterocycles. The molecule has 0 fully saturated rings. The van der Waals surface area contributed by atoms with Crippen molar-refractivity contribution in [2.75, 3.05) is 19.6 Å². The molecule has 1 rings (SSSR count). The predicted octanol–water partition coefficient (Wildman–Crippen LogP) is 1.88. The molecule has 0 aromatic carbocycles. The Bertz CT molecular complexity index is 219. The Morgan fingerprint density at radius 1 is 1.29 bits per heavy atom. The summed E-state index contributed by atoms with van der Waals surface area (Å²) in [7, 11) is 0. The average molecular weight is 212 g/mol. The molecule has 0 amide bonds. The molecule has 0 radical (unpaired) electrons. The largest absolute Gasteiger partial charge is 0.315 e. The first-order valence-corrected chi connectivity index (χ1v) is 6.13. The van der Waals surface area contributed by atoms with Crippen LogP contribution in [0.5, 0.6) is 0 Å². The molecule has 0 atom stereocenters. The van der Waals surface area contributed by atoms with Crippen LogP contribution >= 0.6 is 11.3 Å². The SMILES string of the molecule is CC(C)NCCNCCc1cccs1. The Hall–Kier alpha value is -0.380. The monoisotopic (exact) mass is 212 g/mol. The molecule has 80 valence electrons. The van der Waals surface area contributed by atoms with Crippen LogP contribution in [0.25, 0.3) is 0 Å². The van der Waals surface area contributed by atoms with Crippen LogP contribution < -0.4 is 10.6 Å². The van der Waals surface area contributed by atoms with Crippen LogP contribution in [0.15, 0.2) is 17.5 Å². The zero-order valence-electron chi connectivity index (χ0n) is 9.05. The first-order chi connectivity index (χ1) is 6.79. The number of rotatable bonds is 7. The summed E-state index contributed by atoms with van der Waals surface area (Å²) in [6, 6.07) is 4.90. The van der Waals surface area contributed by atoms with Gasteiger partial charge in [0.2, 0.25) is 0 Å². The van der Waals surface area contributed by atoms with Gasteiger partial charge in [0.15, 0.2) is 0 Å². The van der Waals surface area contributed by atoms with Gasteiger partial charge in [0.1, 0.15) is 0 Å². The molecule has 0 unspecified atom stereocenters. The highest BCUT2D eigenvalue weighted by Gasteiger charge is 1.93. The van der Waals surface area contributed by atoms with Crippen molar-refractivity contribution in [3.63, 3.8) is 0 Å². The van der Waals surface area contributed by atoms with E-state index in [9.17, 15) is 0 Å². The average Bonchev–Trinajstić information content (AvgIpc) is 2.63. The Morgan fingerprint density at radius 2 is 2.14 bits per heavy atom. The van der Waals surface area contributed by atoms with Crippen LogP contribution in [0.2, 0.25) is 0 Å². The molecule has 0 bridgehead atoms. The van der Waals surface area contributed by atoms with Crippen LogP contribution in [-0.2, 0) is 6.42 Å². The highest BCUT2D eigenvalue weighted by molar-refractivity contribution is 7.09. The van der Waals surface area contributed by atoms with Crippen molar-refractivity contribution in [1.29, 1.82) is 0 Å². The lowest BCUT2D eigenvalue weighted by Crippen LogP contribution is -2.32. The molecule has 1 aromatic rings. The van der Waals surface area contributed by atoms with E-state index in [4.69, 9.17) is 0 Å². The Morgan fingerprint density at radius 3 is 2.79 bits per heavy atom. The summed E-state index contributed by atoms with van der Waals surface area (Å²) in [5.74, 6) is 0. The van der Waals surface area contributed by atoms with Gasteiger partial charge in [-0.15, -0.1) is 11.3 Å². The fourth-order valence-corrected chi connectivity index (χ4v) is 1.95. The maximum absolute atomic E-state index is 3.42. The first-order valence-electron chi connectivity index (χ1n) is 5.25. The quantitative estimate of drug-likeness (QED) is 0.674. The van der Waals surface area contributed by atoms with Crippen LogP contribution in [0.1, 0.15) is 18.7 Å². The van der Waals surface area contributed by atoms with E-state index < -0.39 is 0 Å². The van der Waals surface area contributed by atoms with Crippen molar-refractivity contribution in [2.24, 2.45) is 0 Å². The normalized spacial score (nSPS) is 11.1. The van der Waals surface area contributed by atoms with Crippen molar-refractivity contribution in [1.82, 2.24) is 10.6 Å². The fourth-order valence-electron chi connectivity index (χ4n) is 1.24. The molecular formula is C11H20N2S. The molecule has 1 aromatic heterocycles. The lowest BCUT2D eigenvalue weighted by Gasteiger charge is -2.08. The maximum Gasteiger partial charge on any atom is 0.00790 e. The van der Waals surface area contributed by atoms with Gasteiger partial charge in [-0.2, -0.15) is 0 Å². The predicted molar refractivity (Wildman–Crippen MR) is 64.0 cm³/mol. The summed E-state index contributed by atoms with van der Waals surface area (Å²) in [4.78, 5) is 1.47. The Kier molecular flexibility index (Phi) is 5.83. The van der Waals surface area contributed by atoms with E-state index in [-0.39, 0.29) is 0 Å². The zero-order valence-corrected chi connectivity index (χ0v) is 9.86. The van der Waals surface area contributed by atoms with Gasteiger partial charge >= 0.3 is 0 Å². The number of nitrogens with one attached hydrogen (secondary N) is 2. The first kappa shape index (κ1) is 11.7. The summed E-state index contributed by atoms with van der Waals surface area (Å²) < 4.78 is 0. The molecule has 2 N–H and O–H groups in total. The van der Waals surface area contributed by atoms with E-state index in [0.717, 1.165) is 26.1 Å². The van der Waals surface area contributed by atoms with E-state index in [1.807, 2.05) is 11.3 Å². The van der Waals surface area contributed by atoms with Gasteiger partial charge in [-0.25, -0.2) is 0 Å². The lowest BCUT2D eigenvalue weighted by atomic mass is 10.3. The van der Waals surface area contributed by atoms with Gasteiger partial charge in [0.25, 0.3) is 0 Å². The van der Waals surface area contributed by atoms with Gasteiger partial charge in [0.05, 0.1) is 0 Å². The Balaban J connectivity index is 1.90. The summed E-state index contributed by atoms with van der Waals surface area (Å²) in [5, 5.41) is 8.94. The minimum absolute atomic E-state index is 0.592. The summed E-state index contributed by atoms with van der Waals surface area (Å²) in [6.07, 6.45) is 1.15. The molecule has 0 aliphatic heterocycles. The molecule has 2 nitrogen and oxygen atoms in total. The van der Waals surface area contributed by atoms with Crippen LogP contribution in [0.4, 0.5) is 0 Å². The highest BCUT2D eigenvalue weighted by atomic mass is 32.1. The lowest BCUT2D eigenvalue weighted by molar-refractivity contribution is 0.557. The topological polar surface area (TPSA) is 24.1 Å². The van der Waals surface area contributed by atoms with Gasteiger partial charge in [-0.05, 0) is 17.9 Å². The molecular weight excluding hydrogens is 192 g/mol. The molecule has 0 aliphatic carbocycles. The fraction of sp³-hybridized carbons (Fsp3) is 0.636. The second-order valence-corrected chi connectivity index (χ2v) is 4.72. The van der Waals surface area contributed by atoms with E-state index in [1.54, 1.807) is 0 Å². The van der Waals surface area contributed by atoms with Gasteiger partial charge in [-0.3, -0.25) is 0 Å². The van der Waals surface area contributed by atoms with Crippen LogP contribution in [-0.4, -0.2) is 25.7 Å². The third-order valence-electron chi connectivity index (χ3n) is 1.98. The number of thiophene rings is 1. The van der Waals surface area contributed by atoms with Crippen molar-refractivity contribution in [2.45, 2.75) is 26.3 Å². The third kappa shape index (κ3) is 5.37. The van der Waals surface area contributed by atoms with E-state index in [1.165, 1.54) is 4.88 Å². The summed E-state index contributed by atoms with van der Waals surface area (Å²) >= 11 is 1.84. The standard InChI is InChI=1S/C11H20N2S/c1-10(2)13-8-7-12-6-5-11-4-3-9-14-11/h3-4,9-10,12-13H,5-8H2,1-2H3. The Labute approximate surface area is 90.7 Å². The van der Waals surface area contributed by atoms with Gasteiger partial charge in [0, 0.05) is 30.6 Å². The van der Waals surface area contributed by atoms with E-state index >= 15 is 0 Å². The molecule has 0 aliphatic rings. The molecule has 0 spiro atoms. The minimum Gasteiger partial charge on any atom is -0.315 e. The number of hydrogen-bond donors (Lipinski definition) is 2. The molecule has 14 heavy (non-hydrogen) atoms. The molecule has 0 saturated carbocycles. The number of hydrogen-bond acceptors (Lipinski definition) is 3. The highest BCUT2D eigenvalue weighted by Crippen LogP contribution is 2.07. The second kappa shape index (κ2) is 6.98. The second-order valence-electron chi connectivity index (χ2n) is 3.69. The van der Waals surface area contributed by atoms with Crippen molar-refractivity contribution < 1.29 is 0 Å². The van der Waals surface area contributed by atoms with Crippen molar-refractivity contribution in [3.05, 3.63) is 22.4 Å². The van der Waals surface area contributed by atoms with Crippen LogP contribution in [0, 0.1) is 0 Å². The zero-order chi connectivity index (χ0) is 10.2. The van der Waals surface area contributed by atoms with Gasteiger partial charge in [-0.1, -0.05) is 19.9 Å². The summed E-state index contributed by atoms with van der Waals surface area (Å²) in [5.41, 5.74) is 0. The van der Waals surface area contributed by atoms with E-state index in [0.29, 0.717) is 6.04 Å². The molecule has 3 heteroatoms. The van der Waals surface area contributed by atoms with Gasteiger partial charge < -0.3 is 10.6 Å². The summed E-state index contributed by atoms with van der Waals surface area (Å²) in [6.45, 7) is 7.54. The minimum atomic E-state index is 0.592. The van der Waals surface area contributed by atoms with E-state index in [2.05, 4.69) is 42.0 Å². The molecule has 0 saturated heterocycles. The third-order valence-corrected chi connectivity index (χ3v) is 2.92. The van der Waals surface area contributed by atoms with Crippen LogP contribution in [0.3, 0.4) is 0 Å². The smallest absolute Gasteiger partial charge is 0.00790 e. The van der Waals surface area contributed by atoms with Crippen molar-refractivity contribution in [3.8, 4) is 0 Å². The maximum atomic E-state index is 3.42. The van der Waals surface area contributed by atoms with Crippen molar-refractivity contribution >= 4 is 11.3 Å².